The number of hydrogen-bond donors (Lipinski definition) is 0. The summed E-state index contributed by atoms with van der Waals surface area (Å²) < 4.78 is 1.23. The number of fused-ring (bicyclic) bond motifs is 1. The van der Waals surface area contributed by atoms with Crippen molar-refractivity contribution in [2.45, 2.75) is 0 Å². The summed E-state index contributed by atoms with van der Waals surface area (Å²) in [6.07, 6.45) is 0. The Hall–Kier alpha value is -1.20. The van der Waals surface area contributed by atoms with Crippen molar-refractivity contribution in [1.29, 1.82) is 0 Å². The minimum atomic E-state index is 0.899. The van der Waals surface area contributed by atoms with Crippen LogP contribution in [0.3, 0.4) is 0 Å². The molecule has 2 aromatic rings. The van der Waals surface area contributed by atoms with Crippen LogP contribution in [0.2, 0.25) is 0 Å². The highest BCUT2D eigenvalue weighted by molar-refractivity contribution is 14.1. The number of hydrogen-bond acceptors (Lipinski definition) is 1. The summed E-state index contributed by atoms with van der Waals surface area (Å²) in [5, 5.41) is 0. The summed E-state index contributed by atoms with van der Waals surface area (Å²) in [4.78, 5) is 3.00. The molecule has 2 aromatic carbocycles. The molecule has 0 spiro atoms. The van der Waals surface area contributed by atoms with Crippen LogP contribution in [0.15, 0.2) is 54.6 Å². The van der Waals surface area contributed by atoms with Crippen LogP contribution in [0.1, 0.15) is 16.7 Å². The average molecular weight is 377 g/mol. The monoisotopic (exact) mass is 377 g/mol. The molecule has 0 aliphatic carbocycles. The molecule has 0 saturated carbocycles. The van der Waals surface area contributed by atoms with Crippen molar-refractivity contribution in [2.75, 3.05) is 7.05 Å². The van der Waals surface area contributed by atoms with Crippen molar-refractivity contribution < 1.29 is 0 Å². The third-order valence-corrected chi connectivity index (χ3v) is 4.92. The van der Waals surface area contributed by atoms with Crippen molar-refractivity contribution in [3.8, 4) is 0 Å². The van der Waals surface area contributed by atoms with E-state index in [2.05, 4.69) is 70.0 Å². The Labute approximate surface area is 132 Å². The molecule has 0 bridgehead atoms. The molecule has 0 N–H and O–H groups in total. The van der Waals surface area contributed by atoms with Crippen LogP contribution < -0.4 is 0 Å². The predicted octanol–water partition coefficient (Wildman–Crippen LogP) is 4.57. The molecule has 1 aliphatic heterocycles. The van der Waals surface area contributed by atoms with Crippen LogP contribution in [0.4, 0.5) is 0 Å². The Morgan fingerprint density at radius 3 is 2.21 bits per heavy atom. The minimum absolute atomic E-state index is 0.899. The second kappa shape index (κ2) is 5.06. The lowest BCUT2D eigenvalue weighted by Gasteiger charge is -2.16. The van der Waals surface area contributed by atoms with E-state index < -0.39 is 0 Å². The summed E-state index contributed by atoms with van der Waals surface area (Å²) in [5.74, 6) is 0. The van der Waals surface area contributed by atoms with E-state index in [0.717, 1.165) is 10.6 Å². The summed E-state index contributed by atoms with van der Waals surface area (Å²) in [5.41, 5.74) is 4.81. The normalized spacial score (nSPS) is 16.5. The van der Waals surface area contributed by atoms with Gasteiger partial charge in [-0.25, -0.2) is 0 Å². The van der Waals surface area contributed by atoms with Crippen LogP contribution >= 0.6 is 34.8 Å². The van der Waals surface area contributed by atoms with E-state index >= 15 is 0 Å². The number of benzene rings is 2. The van der Waals surface area contributed by atoms with Gasteiger partial charge in [0.1, 0.15) is 4.99 Å². The van der Waals surface area contributed by atoms with Crippen molar-refractivity contribution in [2.24, 2.45) is 0 Å². The Balaban J connectivity index is 2.23. The summed E-state index contributed by atoms with van der Waals surface area (Å²) in [6.45, 7) is 0. The highest BCUT2D eigenvalue weighted by atomic mass is 127. The predicted molar refractivity (Wildman–Crippen MR) is 93.2 cm³/mol. The quantitative estimate of drug-likeness (QED) is 0.529. The molecule has 0 radical (unpaired) electrons. The molecule has 0 aromatic heterocycles. The standard InChI is InChI=1S/C16H12INS/c1-18-15(14(17)11-7-3-2-4-8-11)12-9-5-6-10-13(12)16(18)19/h2-10H,1H3/b15-14-. The van der Waals surface area contributed by atoms with Gasteiger partial charge in [0.2, 0.25) is 0 Å². The molecular weight excluding hydrogens is 365 g/mol. The first kappa shape index (κ1) is 12.8. The van der Waals surface area contributed by atoms with Gasteiger partial charge in [0.25, 0.3) is 0 Å². The molecule has 0 amide bonds. The van der Waals surface area contributed by atoms with Gasteiger partial charge < -0.3 is 4.90 Å². The maximum atomic E-state index is 5.53. The molecule has 1 nitrogen and oxygen atoms in total. The molecule has 3 rings (SSSR count). The van der Waals surface area contributed by atoms with Gasteiger partial charge in [0.15, 0.2) is 0 Å². The third kappa shape index (κ3) is 2.11. The van der Waals surface area contributed by atoms with Crippen LogP contribution in [0, 0.1) is 0 Å². The van der Waals surface area contributed by atoms with Crippen LogP contribution in [-0.4, -0.2) is 16.9 Å². The zero-order chi connectivity index (χ0) is 13.4. The molecule has 0 fully saturated rings. The fourth-order valence-corrected chi connectivity index (χ4v) is 3.61. The molecular formula is C16H12INS. The van der Waals surface area contributed by atoms with E-state index in [9.17, 15) is 0 Å². The SMILES string of the molecule is CN1C(=S)c2ccccc2/C1=C(/I)c1ccccc1. The maximum absolute atomic E-state index is 5.53. The second-order valence-corrected chi connectivity index (χ2v) is 5.90. The fourth-order valence-electron chi connectivity index (χ4n) is 2.33. The van der Waals surface area contributed by atoms with Crippen molar-refractivity contribution >= 4 is 49.1 Å². The van der Waals surface area contributed by atoms with Gasteiger partial charge in [-0.05, 0) is 28.2 Å². The Kier molecular flexibility index (Phi) is 3.41. The van der Waals surface area contributed by atoms with E-state index in [-0.39, 0.29) is 0 Å². The van der Waals surface area contributed by atoms with Crippen LogP contribution in [0.25, 0.3) is 9.28 Å². The van der Waals surface area contributed by atoms with E-state index in [1.807, 2.05) is 19.2 Å². The van der Waals surface area contributed by atoms with Gasteiger partial charge in [0.05, 0.1) is 5.70 Å². The van der Waals surface area contributed by atoms with E-state index in [4.69, 9.17) is 12.2 Å². The van der Waals surface area contributed by atoms with Crippen molar-refractivity contribution in [3.63, 3.8) is 0 Å². The fraction of sp³-hybridized carbons (Fsp3) is 0.0625. The van der Waals surface area contributed by atoms with E-state index in [1.165, 1.54) is 20.4 Å². The molecule has 3 heteroatoms. The first-order chi connectivity index (χ1) is 9.20. The molecule has 1 aliphatic rings. The third-order valence-electron chi connectivity index (χ3n) is 3.29. The lowest BCUT2D eigenvalue weighted by Crippen LogP contribution is -2.16. The molecule has 19 heavy (non-hydrogen) atoms. The molecule has 0 unspecified atom stereocenters. The molecule has 0 atom stereocenters. The molecule has 0 saturated heterocycles. The summed E-state index contributed by atoms with van der Waals surface area (Å²) in [7, 11) is 2.04. The zero-order valence-electron chi connectivity index (χ0n) is 10.4. The lowest BCUT2D eigenvalue weighted by molar-refractivity contribution is 0.756. The Bertz CT molecular complexity index is 676. The highest BCUT2D eigenvalue weighted by Crippen LogP contribution is 2.40. The topological polar surface area (TPSA) is 3.24 Å². The van der Waals surface area contributed by atoms with Gasteiger partial charge in [-0.15, -0.1) is 0 Å². The lowest BCUT2D eigenvalue weighted by atomic mass is 10.1. The highest BCUT2D eigenvalue weighted by Gasteiger charge is 2.28. The number of nitrogens with zero attached hydrogens (tertiary/aromatic N) is 1. The van der Waals surface area contributed by atoms with Crippen molar-refractivity contribution in [3.05, 3.63) is 71.3 Å². The van der Waals surface area contributed by atoms with Gasteiger partial charge in [-0.1, -0.05) is 66.8 Å². The minimum Gasteiger partial charge on any atom is -0.334 e. The number of rotatable bonds is 1. The smallest absolute Gasteiger partial charge is 0.114 e. The second-order valence-electron chi connectivity index (χ2n) is 4.44. The average Bonchev–Trinajstić information content (AvgIpc) is 2.72. The number of halogens is 1. The first-order valence-electron chi connectivity index (χ1n) is 6.03. The molecule has 94 valence electrons. The van der Waals surface area contributed by atoms with Crippen LogP contribution in [0.5, 0.6) is 0 Å². The van der Waals surface area contributed by atoms with Gasteiger partial charge in [-0.3, -0.25) is 0 Å². The number of thiocarbonyl (C=S) groups is 1. The van der Waals surface area contributed by atoms with Gasteiger partial charge in [-0.2, -0.15) is 0 Å². The largest absolute Gasteiger partial charge is 0.334 e. The van der Waals surface area contributed by atoms with E-state index in [1.54, 1.807) is 0 Å². The zero-order valence-corrected chi connectivity index (χ0v) is 13.4. The van der Waals surface area contributed by atoms with Crippen molar-refractivity contribution in [1.82, 2.24) is 4.90 Å². The van der Waals surface area contributed by atoms with Gasteiger partial charge in [0, 0.05) is 21.8 Å². The Morgan fingerprint density at radius 2 is 1.53 bits per heavy atom. The first-order valence-corrected chi connectivity index (χ1v) is 7.51. The summed E-state index contributed by atoms with van der Waals surface area (Å²) in [6, 6.07) is 18.8. The summed E-state index contributed by atoms with van der Waals surface area (Å²) >= 11 is 7.94. The van der Waals surface area contributed by atoms with Gasteiger partial charge >= 0.3 is 0 Å². The maximum Gasteiger partial charge on any atom is 0.114 e. The molecule has 1 heterocycles. The van der Waals surface area contributed by atoms with E-state index in [0.29, 0.717) is 0 Å². The Morgan fingerprint density at radius 1 is 0.947 bits per heavy atom. The van der Waals surface area contributed by atoms with Crippen LogP contribution in [-0.2, 0) is 0 Å².